The number of anilines is 3. The first-order valence-corrected chi connectivity index (χ1v) is 12.0. The number of thiophene rings is 1. The molecule has 0 saturated carbocycles. The van der Waals surface area contributed by atoms with Gasteiger partial charge >= 0.3 is 0 Å². The van der Waals surface area contributed by atoms with Gasteiger partial charge in [0.2, 0.25) is 0 Å². The van der Waals surface area contributed by atoms with Crippen LogP contribution in [0.15, 0.2) is 82.7 Å². The van der Waals surface area contributed by atoms with Crippen molar-refractivity contribution in [3.8, 4) is 0 Å². The second kappa shape index (κ2) is 8.45. The minimum absolute atomic E-state index is 0.101. The molecule has 0 bridgehead atoms. The van der Waals surface area contributed by atoms with Crippen molar-refractivity contribution < 1.29 is 4.79 Å². The Balaban J connectivity index is 1.40. The standard InChI is InChI=1S/C24H20N4OS2/c1-30-18-9-5-8-17(12-18)27-24-25-14-15-10-11-20-19(22(15)28-24)13-21(31-20)23(29)26-16-6-3-2-4-7-16/h2-14,24,27-28H,1H3,(H,26,29)/p+1. The van der Waals surface area contributed by atoms with Crippen molar-refractivity contribution in [3.63, 3.8) is 0 Å². The maximum atomic E-state index is 12.8. The predicted molar refractivity (Wildman–Crippen MR) is 134 cm³/mol. The van der Waals surface area contributed by atoms with Gasteiger partial charge in [-0.25, -0.2) is 4.99 Å². The van der Waals surface area contributed by atoms with Gasteiger partial charge in [0.1, 0.15) is 6.26 Å². The number of nitrogens with one attached hydrogen (secondary N) is 3. The van der Waals surface area contributed by atoms with Gasteiger partial charge < -0.3 is 16.0 Å². The molecule has 7 heteroatoms. The predicted octanol–water partition coefficient (Wildman–Crippen LogP) is 5.20. The van der Waals surface area contributed by atoms with Crippen LogP contribution in [0.3, 0.4) is 0 Å². The summed E-state index contributed by atoms with van der Waals surface area (Å²) in [6, 6.07) is 23.9. The van der Waals surface area contributed by atoms with E-state index >= 15 is 0 Å². The van der Waals surface area contributed by atoms with Crippen molar-refractivity contribution in [1.29, 1.82) is 0 Å². The van der Waals surface area contributed by atoms with Crippen LogP contribution < -0.4 is 16.0 Å². The number of rotatable bonds is 5. The highest BCUT2D eigenvalue weighted by Gasteiger charge is 2.19. The lowest BCUT2D eigenvalue weighted by Gasteiger charge is -2.24. The van der Waals surface area contributed by atoms with E-state index in [-0.39, 0.29) is 12.2 Å². The Morgan fingerprint density at radius 3 is 2.71 bits per heavy atom. The molecular formula is C24H21N4OS2+. The third-order valence-corrected chi connectivity index (χ3v) is 6.93. The zero-order valence-corrected chi connectivity index (χ0v) is 18.5. The van der Waals surface area contributed by atoms with Crippen molar-refractivity contribution >= 4 is 62.4 Å². The first-order valence-electron chi connectivity index (χ1n) is 9.89. The number of aliphatic imine (C=N–C) groups is 1. The number of amides is 1. The lowest BCUT2D eigenvalue weighted by atomic mass is 10.1. The number of fused-ring (bicyclic) bond motifs is 3. The quantitative estimate of drug-likeness (QED) is 0.292. The Morgan fingerprint density at radius 2 is 1.87 bits per heavy atom. The average molecular weight is 446 g/mol. The highest BCUT2D eigenvalue weighted by atomic mass is 32.2. The van der Waals surface area contributed by atoms with E-state index in [1.165, 1.54) is 28.0 Å². The highest BCUT2D eigenvalue weighted by Crippen LogP contribution is 2.35. The van der Waals surface area contributed by atoms with Gasteiger partial charge in [-0.05, 0) is 42.5 Å². The van der Waals surface area contributed by atoms with E-state index in [2.05, 4.69) is 39.3 Å². The molecule has 154 valence electrons. The molecule has 31 heavy (non-hydrogen) atoms. The number of hydrogen-bond donors (Lipinski definition) is 3. The number of thiol groups is 1. The van der Waals surface area contributed by atoms with Crippen LogP contribution in [0.25, 0.3) is 10.1 Å². The van der Waals surface area contributed by atoms with Crippen LogP contribution in [0.1, 0.15) is 15.2 Å². The van der Waals surface area contributed by atoms with E-state index in [1.54, 1.807) is 0 Å². The van der Waals surface area contributed by atoms with Crippen LogP contribution in [0, 0.1) is 0 Å². The number of carbonyl (C=O) groups is 1. The first kappa shape index (κ1) is 19.7. The lowest BCUT2D eigenvalue weighted by Crippen LogP contribution is -2.29. The maximum Gasteiger partial charge on any atom is 0.265 e. The van der Waals surface area contributed by atoms with Crippen LogP contribution in [-0.4, -0.2) is 24.7 Å². The molecule has 0 radical (unpaired) electrons. The number of hydrogen-bond acceptors (Lipinski definition) is 5. The molecule has 5 nitrogen and oxygen atoms in total. The molecule has 3 aromatic carbocycles. The molecule has 1 atom stereocenters. The van der Waals surface area contributed by atoms with E-state index in [0.717, 1.165) is 32.7 Å². The summed E-state index contributed by atoms with van der Waals surface area (Å²) in [6.07, 6.45) is 3.72. The fourth-order valence-corrected chi connectivity index (χ4v) is 4.99. The molecule has 4 aromatic rings. The summed E-state index contributed by atoms with van der Waals surface area (Å²) in [5.74, 6) is -0.101. The molecule has 0 spiro atoms. The van der Waals surface area contributed by atoms with Gasteiger partial charge in [-0.15, -0.1) is 11.3 Å². The second-order valence-electron chi connectivity index (χ2n) is 7.12. The van der Waals surface area contributed by atoms with Crippen LogP contribution >= 0.6 is 11.3 Å². The monoisotopic (exact) mass is 445 g/mol. The van der Waals surface area contributed by atoms with Gasteiger partial charge in [0, 0.05) is 51.1 Å². The summed E-state index contributed by atoms with van der Waals surface area (Å²) in [6.45, 7) is 0. The highest BCUT2D eigenvalue weighted by molar-refractivity contribution is 7.77. The molecule has 1 aliphatic rings. The number of nitrogens with zero attached hydrogens (tertiary/aromatic N) is 1. The number of carbonyl (C=O) groups excluding carboxylic acids is 1. The zero-order valence-electron chi connectivity index (χ0n) is 16.8. The Morgan fingerprint density at radius 1 is 1.03 bits per heavy atom. The molecule has 1 aliphatic heterocycles. The van der Waals surface area contributed by atoms with E-state index in [9.17, 15) is 4.79 Å². The lowest BCUT2D eigenvalue weighted by molar-refractivity contribution is 0.103. The van der Waals surface area contributed by atoms with Crippen molar-refractivity contribution in [1.82, 2.24) is 0 Å². The summed E-state index contributed by atoms with van der Waals surface area (Å²) in [5, 5.41) is 10.9. The summed E-state index contributed by atoms with van der Waals surface area (Å²) in [7, 11) is 0. The summed E-state index contributed by atoms with van der Waals surface area (Å²) >= 11 is 2.72. The Kier molecular flexibility index (Phi) is 5.36. The largest absolute Gasteiger partial charge is 0.347 e. The number of para-hydroxylation sites is 1. The van der Waals surface area contributed by atoms with Gasteiger partial charge in [0.25, 0.3) is 5.91 Å². The van der Waals surface area contributed by atoms with Crippen LogP contribution in [0.2, 0.25) is 0 Å². The van der Waals surface area contributed by atoms with Crippen molar-refractivity contribution in [2.24, 2.45) is 4.99 Å². The van der Waals surface area contributed by atoms with Gasteiger partial charge in [0.15, 0.2) is 11.2 Å². The van der Waals surface area contributed by atoms with Gasteiger partial charge in [-0.2, -0.15) is 0 Å². The smallest absolute Gasteiger partial charge is 0.265 e. The molecule has 2 heterocycles. The minimum atomic E-state index is -0.275. The molecule has 5 rings (SSSR count). The van der Waals surface area contributed by atoms with E-state index in [0.29, 0.717) is 4.88 Å². The van der Waals surface area contributed by atoms with Gasteiger partial charge in [0.05, 0.1) is 10.6 Å². The molecule has 3 N–H and O–H groups in total. The van der Waals surface area contributed by atoms with Crippen molar-refractivity contribution in [3.05, 3.63) is 83.2 Å². The minimum Gasteiger partial charge on any atom is -0.347 e. The first-order chi connectivity index (χ1) is 15.2. The van der Waals surface area contributed by atoms with E-state index in [1.807, 2.05) is 66.9 Å². The van der Waals surface area contributed by atoms with Crippen molar-refractivity contribution in [2.75, 3.05) is 22.2 Å². The Bertz CT molecular complexity index is 1280. The van der Waals surface area contributed by atoms with Crippen molar-refractivity contribution in [2.45, 2.75) is 11.2 Å². The summed E-state index contributed by atoms with van der Waals surface area (Å²) < 4.78 is 1.06. The normalized spacial score (nSPS) is 14.7. The Labute approximate surface area is 188 Å². The summed E-state index contributed by atoms with van der Waals surface area (Å²) in [5.41, 5.74) is 3.81. The molecule has 1 unspecified atom stereocenters. The van der Waals surface area contributed by atoms with Crippen LogP contribution in [0.5, 0.6) is 0 Å². The zero-order chi connectivity index (χ0) is 21.2. The average Bonchev–Trinajstić information content (AvgIpc) is 3.25. The SMILES string of the molecule is C[SH+]c1cccc(NC2N=Cc3ccc4sc(C(=O)Nc5ccccc5)cc4c3N2)c1. The second-order valence-corrected chi connectivity index (χ2v) is 9.16. The number of benzene rings is 3. The molecular weight excluding hydrogens is 424 g/mol. The molecule has 1 aromatic heterocycles. The van der Waals surface area contributed by atoms with Gasteiger partial charge in [-0.1, -0.05) is 24.3 Å². The van der Waals surface area contributed by atoms with E-state index < -0.39 is 0 Å². The fraction of sp³-hybridized carbons (Fsp3) is 0.0833. The molecule has 0 aliphatic carbocycles. The molecule has 0 fully saturated rings. The van der Waals surface area contributed by atoms with E-state index in [4.69, 9.17) is 0 Å². The summed E-state index contributed by atoms with van der Waals surface area (Å²) in [4.78, 5) is 19.3. The maximum absolute atomic E-state index is 12.8. The topological polar surface area (TPSA) is 65.5 Å². The molecule has 0 saturated heterocycles. The van der Waals surface area contributed by atoms with Crippen LogP contribution in [0.4, 0.5) is 17.1 Å². The molecule has 1 amide bonds. The fourth-order valence-electron chi connectivity index (χ4n) is 3.52. The third kappa shape index (κ3) is 4.15. The third-order valence-electron chi connectivity index (χ3n) is 5.04. The van der Waals surface area contributed by atoms with Gasteiger partial charge in [-0.3, -0.25) is 4.79 Å². The van der Waals surface area contributed by atoms with Crippen LogP contribution in [-0.2, 0) is 11.8 Å². The Hall–Kier alpha value is -3.29.